The highest BCUT2D eigenvalue weighted by atomic mass is 16.5. The van der Waals surface area contributed by atoms with Gasteiger partial charge in [-0.15, -0.1) is 0 Å². The van der Waals surface area contributed by atoms with Crippen LogP contribution in [0, 0.1) is 5.92 Å². The van der Waals surface area contributed by atoms with Crippen LogP contribution in [0.3, 0.4) is 0 Å². The minimum Gasteiger partial charge on any atom is -0.372 e. The van der Waals surface area contributed by atoms with Gasteiger partial charge in [-0.1, -0.05) is 20.3 Å². The van der Waals surface area contributed by atoms with Gasteiger partial charge in [0.2, 0.25) is 0 Å². The second-order valence-electron chi connectivity index (χ2n) is 5.25. The molecular formula is C13H28N2O. The predicted octanol–water partition coefficient (Wildman–Crippen LogP) is 1.73. The number of likely N-dealkylation sites (N-methyl/N-ethyl adjacent to an activating group) is 2. The van der Waals surface area contributed by atoms with Gasteiger partial charge in [0, 0.05) is 19.6 Å². The first-order valence-electron chi connectivity index (χ1n) is 6.64. The second kappa shape index (κ2) is 7.25. The van der Waals surface area contributed by atoms with Crippen molar-refractivity contribution in [2.24, 2.45) is 5.92 Å². The molecule has 0 amide bonds. The monoisotopic (exact) mass is 228 g/mol. The molecule has 3 nitrogen and oxygen atoms in total. The Morgan fingerprint density at radius 1 is 1.38 bits per heavy atom. The van der Waals surface area contributed by atoms with Gasteiger partial charge in [-0.2, -0.15) is 0 Å². The zero-order chi connectivity index (χ0) is 12.0. The normalized spacial score (nSPS) is 27.6. The van der Waals surface area contributed by atoms with Crippen LogP contribution in [0.25, 0.3) is 0 Å². The topological polar surface area (TPSA) is 24.5 Å². The molecule has 1 aliphatic heterocycles. The molecule has 1 rings (SSSR count). The van der Waals surface area contributed by atoms with E-state index >= 15 is 0 Å². The van der Waals surface area contributed by atoms with Crippen molar-refractivity contribution in [2.45, 2.75) is 45.3 Å². The molecule has 0 aliphatic carbocycles. The average molecular weight is 228 g/mol. The van der Waals surface area contributed by atoms with Crippen molar-refractivity contribution in [3.05, 3.63) is 0 Å². The van der Waals surface area contributed by atoms with Crippen LogP contribution in [0.1, 0.15) is 33.1 Å². The fourth-order valence-electron chi connectivity index (χ4n) is 2.38. The predicted molar refractivity (Wildman–Crippen MR) is 68.8 cm³/mol. The van der Waals surface area contributed by atoms with Crippen LogP contribution in [0.2, 0.25) is 0 Å². The van der Waals surface area contributed by atoms with E-state index in [1.807, 2.05) is 7.05 Å². The summed E-state index contributed by atoms with van der Waals surface area (Å²) >= 11 is 0. The highest BCUT2D eigenvalue weighted by molar-refractivity contribution is 4.77. The maximum absolute atomic E-state index is 5.98. The summed E-state index contributed by atoms with van der Waals surface area (Å²) in [5.74, 6) is 0.791. The molecule has 16 heavy (non-hydrogen) atoms. The van der Waals surface area contributed by atoms with E-state index in [0.29, 0.717) is 12.2 Å². The van der Waals surface area contributed by atoms with E-state index in [2.05, 4.69) is 31.1 Å². The molecule has 1 saturated heterocycles. The van der Waals surface area contributed by atoms with Crippen molar-refractivity contribution in [3.63, 3.8) is 0 Å². The van der Waals surface area contributed by atoms with Crippen LogP contribution >= 0.6 is 0 Å². The van der Waals surface area contributed by atoms with E-state index in [-0.39, 0.29) is 0 Å². The molecule has 0 spiro atoms. The number of nitrogens with one attached hydrogen (secondary N) is 1. The van der Waals surface area contributed by atoms with Crippen LogP contribution in [0.5, 0.6) is 0 Å². The number of ether oxygens (including phenoxy) is 1. The first-order valence-corrected chi connectivity index (χ1v) is 6.64. The number of rotatable bonds is 7. The minimum absolute atomic E-state index is 0.437. The van der Waals surface area contributed by atoms with Gasteiger partial charge in [-0.05, 0) is 32.9 Å². The smallest absolute Gasteiger partial charge is 0.0707 e. The van der Waals surface area contributed by atoms with Crippen molar-refractivity contribution in [1.29, 1.82) is 0 Å². The van der Waals surface area contributed by atoms with Crippen LogP contribution in [-0.2, 0) is 4.74 Å². The van der Waals surface area contributed by atoms with E-state index in [1.54, 1.807) is 0 Å². The zero-order valence-electron chi connectivity index (χ0n) is 11.3. The lowest BCUT2D eigenvalue weighted by atomic mass is 10.1. The SMILES string of the molecule is CCC(C)CN(C)CC1CCC(CNC)O1. The van der Waals surface area contributed by atoms with Crippen molar-refractivity contribution in [2.75, 3.05) is 33.7 Å². The first kappa shape index (κ1) is 13.9. The zero-order valence-corrected chi connectivity index (χ0v) is 11.3. The molecule has 0 aromatic heterocycles. The Morgan fingerprint density at radius 3 is 2.69 bits per heavy atom. The van der Waals surface area contributed by atoms with Crippen molar-refractivity contribution in [3.8, 4) is 0 Å². The van der Waals surface area contributed by atoms with E-state index in [0.717, 1.165) is 19.0 Å². The molecule has 96 valence electrons. The summed E-state index contributed by atoms with van der Waals surface area (Å²) in [6, 6.07) is 0. The lowest BCUT2D eigenvalue weighted by molar-refractivity contribution is 0.0267. The molecule has 0 aromatic carbocycles. The molecule has 1 fully saturated rings. The quantitative estimate of drug-likeness (QED) is 0.718. The fourth-order valence-corrected chi connectivity index (χ4v) is 2.38. The van der Waals surface area contributed by atoms with E-state index in [1.165, 1.54) is 25.8 Å². The molecule has 0 bridgehead atoms. The van der Waals surface area contributed by atoms with E-state index in [4.69, 9.17) is 4.74 Å². The Kier molecular flexibility index (Phi) is 6.32. The highest BCUT2D eigenvalue weighted by Gasteiger charge is 2.25. The summed E-state index contributed by atoms with van der Waals surface area (Å²) in [7, 11) is 4.20. The maximum atomic E-state index is 5.98. The summed E-state index contributed by atoms with van der Waals surface area (Å²) in [6.07, 6.45) is 4.58. The van der Waals surface area contributed by atoms with E-state index in [9.17, 15) is 0 Å². The second-order valence-corrected chi connectivity index (χ2v) is 5.25. The third-order valence-electron chi connectivity index (χ3n) is 3.46. The van der Waals surface area contributed by atoms with Gasteiger partial charge < -0.3 is 15.0 Å². The molecule has 3 atom stereocenters. The molecule has 0 saturated carbocycles. The van der Waals surface area contributed by atoms with Gasteiger partial charge in [0.1, 0.15) is 0 Å². The Labute approximate surface area is 101 Å². The largest absolute Gasteiger partial charge is 0.372 e. The average Bonchev–Trinajstić information content (AvgIpc) is 2.65. The minimum atomic E-state index is 0.437. The summed E-state index contributed by atoms with van der Waals surface area (Å²) < 4.78 is 5.98. The molecular weight excluding hydrogens is 200 g/mol. The van der Waals surface area contributed by atoms with Gasteiger partial charge in [-0.25, -0.2) is 0 Å². The van der Waals surface area contributed by atoms with Crippen molar-refractivity contribution >= 4 is 0 Å². The Hall–Kier alpha value is -0.120. The Bertz CT molecular complexity index is 187. The van der Waals surface area contributed by atoms with Gasteiger partial charge in [0.25, 0.3) is 0 Å². The molecule has 1 N–H and O–H groups in total. The van der Waals surface area contributed by atoms with Gasteiger partial charge in [-0.3, -0.25) is 0 Å². The lowest BCUT2D eigenvalue weighted by Crippen LogP contribution is -2.33. The standard InChI is InChI=1S/C13H28N2O/c1-5-11(2)9-15(4)10-13-7-6-12(16-13)8-14-3/h11-14H,5-10H2,1-4H3. The van der Waals surface area contributed by atoms with Crippen LogP contribution in [-0.4, -0.2) is 50.8 Å². The van der Waals surface area contributed by atoms with Gasteiger partial charge in [0.05, 0.1) is 12.2 Å². The summed E-state index contributed by atoms with van der Waals surface area (Å²) in [5, 5.41) is 3.19. The molecule has 3 heteroatoms. The van der Waals surface area contributed by atoms with Crippen LogP contribution in [0.15, 0.2) is 0 Å². The summed E-state index contributed by atoms with van der Waals surface area (Å²) in [5.41, 5.74) is 0. The summed E-state index contributed by atoms with van der Waals surface area (Å²) in [4.78, 5) is 2.42. The lowest BCUT2D eigenvalue weighted by Gasteiger charge is -2.23. The van der Waals surface area contributed by atoms with Gasteiger partial charge in [0.15, 0.2) is 0 Å². The van der Waals surface area contributed by atoms with Crippen LogP contribution in [0.4, 0.5) is 0 Å². The van der Waals surface area contributed by atoms with Gasteiger partial charge >= 0.3 is 0 Å². The fraction of sp³-hybridized carbons (Fsp3) is 1.00. The molecule has 1 heterocycles. The maximum Gasteiger partial charge on any atom is 0.0707 e. The third-order valence-corrected chi connectivity index (χ3v) is 3.46. The van der Waals surface area contributed by atoms with Crippen molar-refractivity contribution in [1.82, 2.24) is 10.2 Å². The number of hydrogen-bond acceptors (Lipinski definition) is 3. The highest BCUT2D eigenvalue weighted by Crippen LogP contribution is 2.20. The first-order chi connectivity index (χ1) is 7.65. The molecule has 3 unspecified atom stereocenters. The Balaban J connectivity index is 2.17. The third kappa shape index (κ3) is 4.81. The van der Waals surface area contributed by atoms with E-state index < -0.39 is 0 Å². The number of hydrogen-bond donors (Lipinski definition) is 1. The summed E-state index contributed by atoms with van der Waals surface area (Å²) in [6.45, 7) is 7.84. The molecule has 1 aliphatic rings. The number of nitrogens with zero attached hydrogens (tertiary/aromatic N) is 1. The van der Waals surface area contributed by atoms with Crippen LogP contribution < -0.4 is 5.32 Å². The molecule has 0 aromatic rings. The Morgan fingerprint density at radius 2 is 2.06 bits per heavy atom. The van der Waals surface area contributed by atoms with Crippen molar-refractivity contribution < 1.29 is 4.74 Å². The molecule has 0 radical (unpaired) electrons.